The van der Waals surface area contributed by atoms with Crippen LogP contribution in [0.2, 0.25) is 0 Å². The lowest BCUT2D eigenvalue weighted by Crippen LogP contribution is -2.11. The number of rotatable bonds is 4. The van der Waals surface area contributed by atoms with E-state index < -0.39 is 0 Å². The van der Waals surface area contributed by atoms with Crippen molar-refractivity contribution in [2.75, 3.05) is 25.6 Å². The first-order valence-electron chi connectivity index (χ1n) is 4.85. The zero-order chi connectivity index (χ0) is 10.7. The van der Waals surface area contributed by atoms with Gasteiger partial charge in [-0.15, -0.1) is 0 Å². The molecule has 0 saturated carbocycles. The molecule has 0 radical (unpaired) electrons. The van der Waals surface area contributed by atoms with Gasteiger partial charge in [-0.2, -0.15) is 9.61 Å². The summed E-state index contributed by atoms with van der Waals surface area (Å²) in [7, 11) is 1.68. The Kier molecular flexibility index (Phi) is 2.82. The van der Waals surface area contributed by atoms with Gasteiger partial charge in [0.1, 0.15) is 5.82 Å². The molecule has 0 fully saturated rings. The maximum atomic E-state index is 4.98. The third kappa shape index (κ3) is 2.07. The van der Waals surface area contributed by atoms with Gasteiger partial charge in [-0.05, 0) is 6.92 Å². The highest BCUT2D eigenvalue weighted by molar-refractivity contribution is 5.48. The number of aryl methyl sites for hydroxylation is 1. The van der Waals surface area contributed by atoms with Crippen molar-refractivity contribution in [3.63, 3.8) is 0 Å². The Labute approximate surface area is 88.1 Å². The number of nitrogens with one attached hydrogen (secondary N) is 1. The SMILES string of the molecule is COCCNc1cc(C)nc2ccnn12. The number of nitrogens with zero attached hydrogens (tertiary/aromatic N) is 3. The molecule has 0 atom stereocenters. The largest absolute Gasteiger partial charge is 0.383 e. The van der Waals surface area contributed by atoms with Crippen LogP contribution in [0.25, 0.3) is 5.65 Å². The summed E-state index contributed by atoms with van der Waals surface area (Å²) in [4.78, 5) is 4.35. The summed E-state index contributed by atoms with van der Waals surface area (Å²) in [5.41, 5.74) is 1.83. The Bertz CT molecular complexity index is 452. The average molecular weight is 206 g/mol. The highest BCUT2D eigenvalue weighted by Gasteiger charge is 2.02. The Morgan fingerprint density at radius 1 is 1.53 bits per heavy atom. The van der Waals surface area contributed by atoms with Crippen LogP contribution in [-0.2, 0) is 4.74 Å². The van der Waals surface area contributed by atoms with Crippen molar-refractivity contribution in [1.29, 1.82) is 0 Å². The molecule has 0 saturated heterocycles. The Morgan fingerprint density at radius 2 is 2.40 bits per heavy atom. The van der Waals surface area contributed by atoms with Gasteiger partial charge >= 0.3 is 0 Å². The van der Waals surface area contributed by atoms with E-state index in [1.54, 1.807) is 17.8 Å². The molecule has 0 amide bonds. The number of aromatic nitrogens is 3. The van der Waals surface area contributed by atoms with Gasteiger partial charge in [-0.3, -0.25) is 0 Å². The summed E-state index contributed by atoms with van der Waals surface area (Å²) < 4.78 is 6.76. The van der Waals surface area contributed by atoms with Crippen LogP contribution >= 0.6 is 0 Å². The molecule has 0 spiro atoms. The zero-order valence-electron chi connectivity index (χ0n) is 8.90. The van der Waals surface area contributed by atoms with Crippen molar-refractivity contribution in [3.05, 3.63) is 24.0 Å². The van der Waals surface area contributed by atoms with E-state index in [0.717, 1.165) is 23.7 Å². The summed E-state index contributed by atoms with van der Waals surface area (Å²) in [6.07, 6.45) is 1.74. The second-order valence-corrected chi connectivity index (χ2v) is 3.30. The van der Waals surface area contributed by atoms with Gasteiger partial charge in [0, 0.05) is 31.5 Å². The summed E-state index contributed by atoms with van der Waals surface area (Å²) in [5, 5.41) is 7.44. The molecular weight excluding hydrogens is 192 g/mol. The van der Waals surface area contributed by atoms with Gasteiger partial charge in [0.25, 0.3) is 0 Å². The molecule has 0 aliphatic carbocycles. The number of ether oxygens (including phenoxy) is 1. The van der Waals surface area contributed by atoms with Gasteiger partial charge in [-0.25, -0.2) is 4.98 Å². The highest BCUT2D eigenvalue weighted by Crippen LogP contribution is 2.10. The lowest BCUT2D eigenvalue weighted by molar-refractivity contribution is 0.210. The number of fused-ring (bicyclic) bond motifs is 1. The van der Waals surface area contributed by atoms with Crippen LogP contribution < -0.4 is 5.32 Å². The van der Waals surface area contributed by atoms with E-state index in [9.17, 15) is 0 Å². The molecule has 0 aliphatic heterocycles. The van der Waals surface area contributed by atoms with E-state index >= 15 is 0 Å². The lowest BCUT2D eigenvalue weighted by atomic mass is 10.4. The van der Waals surface area contributed by atoms with Crippen LogP contribution in [0.4, 0.5) is 5.82 Å². The van der Waals surface area contributed by atoms with E-state index in [1.807, 2.05) is 19.1 Å². The Balaban J connectivity index is 2.27. The molecule has 2 rings (SSSR count). The molecule has 5 nitrogen and oxygen atoms in total. The van der Waals surface area contributed by atoms with E-state index in [4.69, 9.17) is 4.74 Å². The van der Waals surface area contributed by atoms with E-state index in [0.29, 0.717) is 6.61 Å². The molecule has 15 heavy (non-hydrogen) atoms. The minimum absolute atomic E-state index is 0.671. The predicted octanol–water partition coefficient (Wildman–Crippen LogP) is 1.10. The summed E-state index contributed by atoms with van der Waals surface area (Å²) in [6, 6.07) is 3.85. The minimum atomic E-state index is 0.671. The summed E-state index contributed by atoms with van der Waals surface area (Å²) in [6.45, 7) is 3.40. The Morgan fingerprint density at radius 3 is 3.20 bits per heavy atom. The van der Waals surface area contributed by atoms with Crippen molar-refractivity contribution >= 4 is 11.5 Å². The van der Waals surface area contributed by atoms with E-state index in [1.165, 1.54) is 0 Å². The van der Waals surface area contributed by atoms with Gasteiger partial charge in [0.15, 0.2) is 5.65 Å². The lowest BCUT2D eigenvalue weighted by Gasteiger charge is -2.08. The zero-order valence-corrected chi connectivity index (χ0v) is 8.90. The normalized spacial score (nSPS) is 10.8. The maximum absolute atomic E-state index is 4.98. The quantitative estimate of drug-likeness (QED) is 0.761. The van der Waals surface area contributed by atoms with Crippen LogP contribution in [-0.4, -0.2) is 34.9 Å². The highest BCUT2D eigenvalue weighted by atomic mass is 16.5. The Hall–Kier alpha value is -1.62. The fourth-order valence-electron chi connectivity index (χ4n) is 1.45. The topological polar surface area (TPSA) is 51.5 Å². The molecule has 2 aromatic heterocycles. The number of hydrogen-bond acceptors (Lipinski definition) is 4. The van der Waals surface area contributed by atoms with E-state index in [2.05, 4.69) is 15.4 Å². The fraction of sp³-hybridized carbons (Fsp3) is 0.400. The molecular formula is C10H14N4O. The molecule has 0 bridgehead atoms. The molecule has 80 valence electrons. The van der Waals surface area contributed by atoms with Gasteiger partial charge < -0.3 is 10.1 Å². The van der Waals surface area contributed by atoms with Crippen LogP contribution in [0, 0.1) is 6.92 Å². The van der Waals surface area contributed by atoms with Crippen molar-refractivity contribution in [2.24, 2.45) is 0 Å². The molecule has 0 unspecified atom stereocenters. The molecule has 2 aromatic rings. The number of anilines is 1. The fourth-order valence-corrected chi connectivity index (χ4v) is 1.45. The first kappa shape index (κ1) is 9.92. The van der Waals surface area contributed by atoms with Crippen molar-refractivity contribution in [2.45, 2.75) is 6.92 Å². The summed E-state index contributed by atoms with van der Waals surface area (Å²) in [5.74, 6) is 0.944. The van der Waals surface area contributed by atoms with Crippen molar-refractivity contribution in [3.8, 4) is 0 Å². The molecule has 0 aliphatic rings. The molecule has 5 heteroatoms. The second kappa shape index (κ2) is 4.27. The van der Waals surface area contributed by atoms with Gasteiger partial charge in [0.05, 0.1) is 12.8 Å². The van der Waals surface area contributed by atoms with Crippen LogP contribution in [0.5, 0.6) is 0 Å². The maximum Gasteiger partial charge on any atom is 0.157 e. The third-order valence-corrected chi connectivity index (χ3v) is 2.10. The van der Waals surface area contributed by atoms with Gasteiger partial charge in [0.2, 0.25) is 0 Å². The standard InChI is InChI=1S/C10H14N4O/c1-8-7-10(11-5-6-15-2)14-9(13-8)3-4-12-14/h3-4,7,11H,5-6H2,1-2H3. The van der Waals surface area contributed by atoms with Crippen LogP contribution in [0.3, 0.4) is 0 Å². The van der Waals surface area contributed by atoms with Crippen molar-refractivity contribution < 1.29 is 4.74 Å². The van der Waals surface area contributed by atoms with Crippen molar-refractivity contribution in [1.82, 2.24) is 14.6 Å². The minimum Gasteiger partial charge on any atom is -0.383 e. The van der Waals surface area contributed by atoms with Crippen LogP contribution in [0.15, 0.2) is 18.3 Å². The van der Waals surface area contributed by atoms with Crippen LogP contribution in [0.1, 0.15) is 5.69 Å². The molecule has 2 heterocycles. The average Bonchev–Trinajstić information content (AvgIpc) is 2.65. The number of methoxy groups -OCH3 is 1. The summed E-state index contributed by atoms with van der Waals surface area (Å²) >= 11 is 0. The van der Waals surface area contributed by atoms with Gasteiger partial charge in [-0.1, -0.05) is 0 Å². The smallest absolute Gasteiger partial charge is 0.157 e. The number of hydrogen-bond donors (Lipinski definition) is 1. The molecule has 1 N–H and O–H groups in total. The second-order valence-electron chi connectivity index (χ2n) is 3.30. The first-order chi connectivity index (χ1) is 7.31. The predicted molar refractivity (Wildman–Crippen MR) is 58.1 cm³/mol. The first-order valence-corrected chi connectivity index (χ1v) is 4.85. The van der Waals surface area contributed by atoms with E-state index in [-0.39, 0.29) is 0 Å². The third-order valence-electron chi connectivity index (χ3n) is 2.10. The molecule has 0 aromatic carbocycles. The monoisotopic (exact) mass is 206 g/mol.